The van der Waals surface area contributed by atoms with Crippen molar-refractivity contribution in [2.75, 3.05) is 26.2 Å². The Labute approximate surface area is 199 Å². The molecule has 3 aromatic carbocycles. The highest BCUT2D eigenvalue weighted by atomic mass is 16.5. The Morgan fingerprint density at radius 1 is 0.618 bits per heavy atom. The summed E-state index contributed by atoms with van der Waals surface area (Å²) in [7, 11) is 0. The van der Waals surface area contributed by atoms with E-state index in [0.29, 0.717) is 6.61 Å². The van der Waals surface area contributed by atoms with Gasteiger partial charge in [0.2, 0.25) is 0 Å². The van der Waals surface area contributed by atoms with E-state index in [1.165, 1.54) is 16.7 Å². The molecule has 1 saturated heterocycles. The van der Waals surface area contributed by atoms with Crippen molar-refractivity contribution in [2.45, 2.75) is 19.7 Å². The highest BCUT2D eigenvalue weighted by molar-refractivity contribution is 6.27. The summed E-state index contributed by atoms with van der Waals surface area (Å²) in [5, 5.41) is 14.8. The minimum atomic E-state index is -1.82. The molecular weight excluding hydrogens is 432 g/mol. The maximum absolute atomic E-state index is 9.10. The molecule has 0 spiro atoms. The molecule has 0 atom stereocenters. The van der Waals surface area contributed by atoms with E-state index in [9.17, 15) is 0 Å². The predicted molar refractivity (Wildman–Crippen MR) is 129 cm³/mol. The Morgan fingerprint density at radius 2 is 1.03 bits per heavy atom. The SMILES string of the molecule is O=C(O)C(=O)O.c1ccc(COc2ccc(CN3CCN(Cc4ccccc4)CC3)cc2)cc1. The number of hydrogen-bond donors (Lipinski definition) is 2. The van der Waals surface area contributed by atoms with Crippen LogP contribution >= 0.6 is 0 Å². The van der Waals surface area contributed by atoms with Gasteiger partial charge in [0.05, 0.1) is 0 Å². The third kappa shape index (κ3) is 8.69. The summed E-state index contributed by atoms with van der Waals surface area (Å²) < 4.78 is 5.89. The van der Waals surface area contributed by atoms with Gasteiger partial charge in [-0.3, -0.25) is 9.80 Å². The summed E-state index contributed by atoms with van der Waals surface area (Å²) in [6.45, 7) is 7.20. The summed E-state index contributed by atoms with van der Waals surface area (Å²) in [5.41, 5.74) is 3.95. The van der Waals surface area contributed by atoms with Gasteiger partial charge in [0.25, 0.3) is 0 Å². The number of rotatable bonds is 7. The molecule has 4 rings (SSSR count). The van der Waals surface area contributed by atoms with Crippen molar-refractivity contribution in [2.24, 2.45) is 0 Å². The number of aliphatic carboxylic acids is 2. The minimum absolute atomic E-state index is 0.615. The van der Waals surface area contributed by atoms with Gasteiger partial charge < -0.3 is 14.9 Å². The largest absolute Gasteiger partial charge is 0.489 e. The molecule has 7 heteroatoms. The summed E-state index contributed by atoms with van der Waals surface area (Å²) >= 11 is 0. The number of carbonyl (C=O) groups is 2. The van der Waals surface area contributed by atoms with Crippen molar-refractivity contribution in [3.63, 3.8) is 0 Å². The van der Waals surface area contributed by atoms with Gasteiger partial charge in [-0.1, -0.05) is 72.8 Å². The molecule has 34 heavy (non-hydrogen) atoms. The number of piperazine rings is 1. The standard InChI is InChI=1S/C25H28N2O.C2H2O4/c1-3-7-22(8-4-1)19-26-15-17-27(18-16-26)20-23-11-13-25(14-12-23)28-21-24-9-5-2-6-10-24;3-1(4)2(5)6/h1-14H,15-21H2;(H,3,4)(H,5,6). The molecule has 0 aliphatic carbocycles. The lowest BCUT2D eigenvalue weighted by Gasteiger charge is -2.34. The van der Waals surface area contributed by atoms with Gasteiger partial charge in [0.15, 0.2) is 0 Å². The van der Waals surface area contributed by atoms with Crippen LogP contribution in [0.2, 0.25) is 0 Å². The molecule has 0 bridgehead atoms. The zero-order valence-corrected chi connectivity index (χ0v) is 19.0. The molecule has 3 aromatic rings. The Morgan fingerprint density at radius 3 is 1.47 bits per heavy atom. The van der Waals surface area contributed by atoms with Gasteiger partial charge in [-0.2, -0.15) is 0 Å². The van der Waals surface area contributed by atoms with Gasteiger partial charge in [0, 0.05) is 39.3 Å². The fraction of sp³-hybridized carbons (Fsp3) is 0.259. The van der Waals surface area contributed by atoms with Crippen LogP contribution in [-0.4, -0.2) is 58.1 Å². The van der Waals surface area contributed by atoms with E-state index >= 15 is 0 Å². The summed E-state index contributed by atoms with van der Waals surface area (Å²) in [4.78, 5) is 23.3. The van der Waals surface area contributed by atoms with Crippen LogP contribution in [0.5, 0.6) is 5.75 Å². The second-order valence-electron chi connectivity index (χ2n) is 8.07. The fourth-order valence-corrected chi connectivity index (χ4v) is 3.64. The molecule has 0 amide bonds. The summed E-state index contributed by atoms with van der Waals surface area (Å²) in [6, 6.07) is 29.6. The average molecular weight is 463 g/mol. The lowest BCUT2D eigenvalue weighted by molar-refractivity contribution is -0.159. The Bertz CT molecular complexity index is 1010. The maximum Gasteiger partial charge on any atom is 0.414 e. The van der Waals surface area contributed by atoms with Crippen molar-refractivity contribution in [1.29, 1.82) is 0 Å². The van der Waals surface area contributed by atoms with E-state index in [-0.39, 0.29) is 0 Å². The Balaban J connectivity index is 0.000000481. The van der Waals surface area contributed by atoms with Crippen LogP contribution in [0.1, 0.15) is 16.7 Å². The first-order chi connectivity index (χ1) is 16.5. The van der Waals surface area contributed by atoms with Gasteiger partial charge in [0.1, 0.15) is 12.4 Å². The van der Waals surface area contributed by atoms with E-state index in [0.717, 1.165) is 45.0 Å². The number of carboxylic acid groups (broad SMARTS) is 2. The van der Waals surface area contributed by atoms with Gasteiger partial charge >= 0.3 is 11.9 Å². The predicted octanol–water partition coefficient (Wildman–Crippen LogP) is 3.74. The molecular formula is C27H30N2O5. The first-order valence-electron chi connectivity index (χ1n) is 11.2. The molecule has 0 aromatic heterocycles. The monoisotopic (exact) mass is 462 g/mol. The van der Waals surface area contributed by atoms with Crippen molar-refractivity contribution in [1.82, 2.24) is 9.80 Å². The quantitative estimate of drug-likeness (QED) is 0.517. The second-order valence-corrected chi connectivity index (χ2v) is 8.07. The lowest BCUT2D eigenvalue weighted by atomic mass is 10.1. The van der Waals surface area contributed by atoms with E-state index in [1.807, 2.05) is 18.2 Å². The van der Waals surface area contributed by atoms with Gasteiger partial charge in [-0.25, -0.2) is 9.59 Å². The van der Waals surface area contributed by atoms with Crippen LogP contribution in [-0.2, 0) is 29.3 Å². The van der Waals surface area contributed by atoms with Crippen LogP contribution in [0.25, 0.3) is 0 Å². The summed E-state index contributed by atoms with van der Waals surface area (Å²) in [5.74, 6) is -2.72. The normalized spacial score (nSPS) is 14.0. The number of nitrogens with zero attached hydrogens (tertiary/aromatic N) is 2. The van der Waals surface area contributed by atoms with Crippen LogP contribution in [0.3, 0.4) is 0 Å². The van der Waals surface area contributed by atoms with Crippen LogP contribution in [0.4, 0.5) is 0 Å². The maximum atomic E-state index is 9.10. The Hall–Kier alpha value is -3.68. The highest BCUT2D eigenvalue weighted by Gasteiger charge is 2.17. The van der Waals surface area contributed by atoms with Crippen molar-refractivity contribution in [3.05, 3.63) is 102 Å². The molecule has 1 fully saturated rings. The molecule has 2 N–H and O–H groups in total. The lowest BCUT2D eigenvalue weighted by Crippen LogP contribution is -2.45. The van der Waals surface area contributed by atoms with E-state index < -0.39 is 11.9 Å². The number of carboxylic acids is 2. The van der Waals surface area contributed by atoms with Crippen LogP contribution in [0.15, 0.2) is 84.9 Å². The molecule has 1 aliphatic rings. The van der Waals surface area contributed by atoms with Crippen molar-refractivity contribution < 1.29 is 24.5 Å². The second kappa shape index (κ2) is 13.1. The van der Waals surface area contributed by atoms with E-state index in [1.54, 1.807) is 0 Å². The topological polar surface area (TPSA) is 90.3 Å². The van der Waals surface area contributed by atoms with Gasteiger partial charge in [-0.05, 0) is 28.8 Å². The van der Waals surface area contributed by atoms with E-state index in [2.05, 4.69) is 76.5 Å². The third-order valence-electron chi connectivity index (χ3n) is 5.47. The summed E-state index contributed by atoms with van der Waals surface area (Å²) in [6.07, 6.45) is 0. The van der Waals surface area contributed by atoms with Crippen LogP contribution in [0, 0.1) is 0 Å². The highest BCUT2D eigenvalue weighted by Crippen LogP contribution is 2.17. The average Bonchev–Trinajstić information content (AvgIpc) is 2.86. The molecule has 0 saturated carbocycles. The third-order valence-corrected chi connectivity index (χ3v) is 5.47. The number of hydrogen-bond acceptors (Lipinski definition) is 5. The number of ether oxygens (including phenoxy) is 1. The Kier molecular flexibility index (Phi) is 9.64. The van der Waals surface area contributed by atoms with Crippen molar-refractivity contribution >= 4 is 11.9 Å². The van der Waals surface area contributed by atoms with Crippen LogP contribution < -0.4 is 4.74 Å². The molecule has 0 radical (unpaired) electrons. The number of benzene rings is 3. The molecule has 1 heterocycles. The van der Waals surface area contributed by atoms with Crippen molar-refractivity contribution in [3.8, 4) is 5.75 Å². The molecule has 0 unspecified atom stereocenters. The zero-order valence-electron chi connectivity index (χ0n) is 19.0. The smallest absolute Gasteiger partial charge is 0.414 e. The zero-order chi connectivity index (χ0) is 24.2. The molecule has 7 nitrogen and oxygen atoms in total. The van der Waals surface area contributed by atoms with E-state index in [4.69, 9.17) is 24.5 Å². The first kappa shape index (κ1) is 25.0. The van der Waals surface area contributed by atoms with Gasteiger partial charge in [-0.15, -0.1) is 0 Å². The molecule has 1 aliphatic heterocycles. The fourth-order valence-electron chi connectivity index (χ4n) is 3.64. The minimum Gasteiger partial charge on any atom is -0.489 e. The first-order valence-corrected chi connectivity index (χ1v) is 11.2. The molecule has 178 valence electrons.